The van der Waals surface area contributed by atoms with Crippen molar-refractivity contribution in [1.82, 2.24) is 14.7 Å². The monoisotopic (exact) mass is 339 g/mol. The molecule has 3 aliphatic rings. The Kier molecular flexibility index (Phi) is 4.29. The second-order valence-corrected chi connectivity index (χ2v) is 7.79. The van der Waals surface area contributed by atoms with Crippen molar-refractivity contribution in [3.63, 3.8) is 0 Å². The highest BCUT2D eigenvalue weighted by Gasteiger charge is 2.41. The van der Waals surface area contributed by atoms with Crippen LogP contribution in [0, 0.1) is 5.92 Å². The van der Waals surface area contributed by atoms with Crippen molar-refractivity contribution in [3.8, 4) is 11.3 Å². The van der Waals surface area contributed by atoms with E-state index in [2.05, 4.69) is 66.0 Å². The minimum absolute atomic E-state index is 0.585. The van der Waals surface area contributed by atoms with Gasteiger partial charge in [-0.25, -0.2) is 0 Å². The Labute approximate surface area is 150 Å². The Morgan fingerprint density at radius 1 is 1.24 bits per heavy atom. The first-order valence-electron chi connectivity index (χ1n) is 9.32. The number of hydrogen-bond acceptors (Lipinski definition) is 4. The second kappa shape index (κ2) is 6.46. The SMILES string of the molecule is CN(C)c1ccc(-c2cc([C@@H]3CN4CC[C@H]3C[C@@H]4CN)n(C)n2)cc1. The van der Waals surface area contributed by atoms with Crippen LogP contribution in [0.1, 0.15) is 24.5 Å². The summed E-state index contributed by atoms with van der Waals surface area (Å²) < 4.78 is 2.10. The average molecular weight is 339 g/mol. The van der Waals surface area contributed by atoms with Crippen LogP contribution in [0.3, 0.4) is 0 Å². The third kappa shape index (κ3) is 2.96. The summed E-state index contributed by atoms with van der Waals surface area (Å²) in [6.45, 7) is 3.13. The number of nitrogens with zero attached hydrogens (tertiary/aromatic N) is 4. The molecule has 3 fully saturated rings. The second-order valence-electron chi connectivity index (χ2n) is 7.79. The Balaban J connectivity index is 1.59. The van der Waals surface area contributed by atoms with Gasteiger partial charge < -0.3 is 10.6 Å². The first-order valence-corrected chi connectivity index (χ1v) is 9.32. The molecule has 134 valence electrons. The predicted molar refractivity (Wildman–Crippen MR) is 103 cm³/mol. The fraction of sp³-hybridized carbons (Fsp3) is 0.550. The highest BCUT2D eigenvalue weighted by atomic mass is 15.3. The van der Waals surface area contributed by atoms with Crippen LogP contribution in [0.2, 0.25) is 0 Å². The molecule has 5 heteroatoms. The van der Waals surface area contributed by atoms with Gasteiger partial charge in [0.05, 0.1) is 5.69 Å². The number of fused-ring (bicyclic) bond motifs is 3. The molecule has 2 bridgehead atoms. The third-order valence-electron chi connectivity index (χ3n) is 6.13. The van der Waals surface area contributed by atoms with Gasteiger partial charge >= 0.3 is 0 Å². The molecule has 0 aliphatic carbocycles. The molecular formula is C20H29N5. The molecule has 1 aromatic heterocycles. The van der Waals surface area contributed by atoms with Gasteiger partial charge in [-0.3, -0.25) is 9.58 Å². The van der Waals surface area contributed by atoms with Crippen molar-refractivity contribution in [3.05, 3.63) is 36.0 Å². The van der Waals surface area contributed by atoms with Crippen molar-refractivity contribution >= 4 is 5.69 Å². The molecular weight excluding hydrogens is 310 g/mol. The van der Waals surface area contributed by atoms with Gasteiger partial charge in [-0.15, -0.1) is 0 Å². The Hall–Kier alpha value is -1.85. The number of rotatable bonds is 4. The van der Waals surface area contributed by atoms with Crippen LogP contribution in [0.5, 0.6) is 0 Å². The van der Waals surface area contributed by atoms with E-state index in [1.54, 1.807) is 0 Å². The predicted octanol–water partition coefficient (Wildman–Crippen LogP) is 2.29. The number of piperidine rings is 3. The van der Waals surface area contributed by atoms with Crippen molar-refractivity contribution in [2.45, 2.75) is 24.8 Å². The van der Waals surface area contributed by atoms with Crippen LogP contribution in [0.25, 0.3) is 11.3 Å². The molecule has 0 spiro atoms. The van der Waals surface area contributed by atoms with Crippen LogP contribution in [0.4, 0.5) is 5.69 Å². The molecule has 2 N–H and O–H groups in total. The van der Waals surface area contributed by atoms with E-state index >= 15 is 0 Å². The van der Waals surface area contributed by atoms with Crippen molar-refractivity contribution < 1.29 is 0 Å². The molecule has 4 heterocycles. The molecule has 0 radical (unpaired) electrons. The van der Waals surface area contributed by atoms with Crippen molar-refractivity contribution in [2.75, 3.05) is 38.6 Å². The average Bonchev–Trinajstić information content (AvgIpc) is 3.03. The summed E-state index contributed by atoms with van der Waals surface area (Å²) in [6, 6.07) is 11.5. The zero-order valence-corrected chi connectivity index (χ0v) is 15.5. The Bertz CT molecular complexity index is 733. The number of benzene rings is 1. The van der Waals surface area contributed by atoms with E-state index in [0.29, 0.717) is 12.0 Å². The van der Waals surface area contributed by atoms with E-state index in [-0.39, 0.29) is 0 Å². The third-order valence-corrected chi connectivity index (χ3v) is 6.13. The Morgan fingerprint density at radius 3 is 2.60 bits per heavy atom. The minimum Gasteiger partial charge on any atom is -0.378 e. The lowest BCUT2D eigenvalue weighted by atomic mass is 9.74. The number of anilines is 1. The molecule has 1 aromatic carbocycles. The van der Waals surface area contributed by atoms with Gasteiger partial charge in [0.25, 0.3) is 0 Å². The zero-order valence-electron chi connectivity index (χ0n) is 15.5. The molecule has 25 heavy (non-hydrogen) atoms. The maximum atomic E-state index is 5.95. The lowest BCUT2D eigenvalue weighted by molar-refractivity contribution is 0.0322. The summed E-state index contributed by atoms with van der Waals surface area (Å²) >= 11 is 0. The molecule has 3 aliphatic heterocycles. The number of hydrogen-bond donors (Lipinski definition) is 1. The molecule has 1 unspecified atom stereocenters. The first kappa shape index (κ1) is 16.6. The van der Waals surface area contributed by atoms with Gasteiger partial charge in [-0.1, -0.05) is 12.1 Å². The minimum atomic E-state index is 0.585. The van der Waals surface area contributed by atoms with E-state index in [1.165, 1.54) is 36.3 Å². The van der Waals surface area contributed by atoms with E-state index in [1.807, 2.05) is 0 Å². The molecule has 2 aromatic rings. The smallest absolute Gasteiger partial charge is 0.0926 e. The Morgan fingerprint density at radius 2 is 2.00 bits per heavy atom. The quantitative estimate of drug-likeness (QED) is 0.928. The number of aryl methyl sites for hydroxylation is 1. The summed E-state index contributed by atoms with van der Waals surface area (Å²) in [4.78, 5) is 4.71. The molecule has 4 atom stereocenters. The topological polar surface area (TPSA) is 50.3 Å². The zero-order chi connectivity index (χ0) is 17.6. The highest BCUT2D eigenvalue weighted by Crippen LogP contribution is 2.42. The van der Waals surface area contributed by atoms with Crippen molar-refractivity contribution in [1.29, 1.82) is 0 Å². The van der Waals surface area contributed by atoms with Gasteiger partial charge in [0.2, 0.25) is 0 Å². The van der Waals surface area contributed by atoms with E-state index in [9.17, 15) is 0 Å². The number of nitrogens with two attached hydrogens (primary N) is 1. The largest absolute Gasteiger partial charge is 0.378 e. The van der Waals surface area contributed by atoms with Crippen molar-refractivity contribution in [2.24, 2.45) is 18.7 Å². The van der Waals surface area contributed by atoms with E-state index in [4.69, 9.17) is 10.8 Å². The van der Waals surface area contributed by atoms with Crippen LogP contribution in [0.15, 0.2) is 30.3 Å². The van der Waals surface area contributed by atoms with Gasteiger partial charge in [-0.2, -0.15) is 5.10 Å². The summed E-state index contributed by atoms with van der Waals surface area (Å²) in [5.74, 6) is 1.33. The van der Waals surface area contributed by atoms with Crippen LogP contribution in [-0.4, -0.2) is 54.5 Å². The molecule has 5 nitrogen and oxygen atoms in total. The maximum Gasteiger partial charge on any atom is 0.0926 e. The highest BCUT2D eigenvalue weighted by molar-refractivity contribution is 5.63. The molecule has 0 amide bonds. The normalized spacial score (nSPS) is 28.3. The summed E-state index contributed by atoms with van der Waals surface area (Å²) in [6.07, 6.45) is 2.53. The lowest BCUT2D eigenvalue weighted by Crippen LogP contribution is -2.55. The number of aromatic nitrogens is 2. The van der Waals surface area contributed by atoms with Crippen LogP contribution < -0.4 is 10.6 Å². The first-order chi connectivity index (χ1) is 12.1. The summed E-state index contributed by atoms with van der Waals surface area (Å²) in [5.41, 5.74) is 10.8. The van der Waals surface area contributed by atoms with Gasteiger partial charge in [0, 0.05) is 63.1 Å². The molecule has 0 saturated carbocycles. The fourth-order valence-corrected chi connectivity index (χ4v) is 4.62. The van der Waals surface area contributed by atoms with E-state index < -0.39 is 0 Å². The van der Waals surface area contributed by atoms with E-state index in [0.717, 1.165) is 24.7 Å². The summed E-state index contributed by atoms with van der Waals surface area (Å²) in [5, 5.41) is 4.81. The van der Waals surface area contributed by atoms with Gasteiger partial charge in [0.1, 0.15) is 0 Å². The maximum absolute atomic E-state index is 5.95. The summed E-state index contributed by atoms with van der Waals surface area (Å²) in [7, 11) is 6.22. The van der Waals surface area contributed by atoms with Gasteiger partial charge in [0.15, 0.2) is 0 Å². The van der Waals surface area contributed by atoms with Crippen LogP contribution in [-0.2, 0) is 7.05 Å². The molecule has 5 rings (SSSR count). The molecule has 3 saturated heterocycles. The standard InChI is InChI=1S/C20H29N5/c1-23(2)16-6-4-14(5-7-16)19-11-20(24(3)22-19)18-13-25-9-8-15(18)10-17(25)12-21/h4-7,11,15,17-18H,8-10,12-13,21H2,1-3H3/t15-,17+,18+/m0/s1. The van der Waals surface area contributed by atoms with Gasteiger partial charge in [-0.05, 0) is 43.5 Å². The lowest BCUT2D eigenvalue weighted by Gasteiger charge is -2.49. The van der Waals surface area contributed by atoms with Crippen LogP contribution >= 0.6 is 0 Å². The fourth-order valence-electron chi connectivity index (χ4n) is 4.62.